The predicted molar refractivity (Wildman–Crippen MR) is 64.9 cm³/mol. The molecular formula is C14H18O3. The Kier molecular flexibility index (Phi) is 3.48. The van der Waals surface area contributed by atoms with Gasteiger partial charge in [0, 0.05) is 6.61 Å². The summed E-state index contributed by atoms with van der Waals surface area (Å²) < 4.78 is 10.7. The second kappa shape index (κ2) is 4.88. The zero-order chi connectivity index (χ0) is 12.3. The number of carbonyl (C=O) groups is 1. The van der Waals surface area contributed by atoms with Crippen LogP contribution in [0.4, 0.5) is 0 Å². The molecule has 1 heterocycles. The summed E-state index contributed by atoms with van der Waals surface area (Å²) in [5.41, 5.74) is 1.54. The summed E-state index contributed by atoms with van der Waals surface area (Å²) in [4.78, 5) is 11.5. The Hall–Kier alpha value is -1.35. The van der Waals surface area contributed by atoms with E-state index in [4.69, 9.17) is 9.47 Å². The molecule has 1 saturated heterocycles. The lowest BCUT2D eigenvalue weighted by Crippen LogP contribution is -2.19. The quantitative estimate of drug-likeness (QED) is 0.754. The second-order valence-corrected chi connectivity index (χ2v) is 4.48. The largest absolute Gasteiger partial charge is 0.462 e. The number of carbonyl (C=O) groups excluding carboxylic acids is 1. The minimum absolute atomic E-state index is 0.187. The Bertz CT molecular complexity index is 388. The van der Waals surface area contributed by atoms with Crippen LogP contribution in [0, 0.1) is 0 Å². The third-order valence-corrected chi connectivity index (χ3v) is 3.23. The molecule has 92 valence electrons. The molecule has 0 radical (unpaired) electrons. The van der Waals surface area contributed by atoms with Crippen molar-refractivity contribution in [2.45, 2.75) is 32.3 Å². The van der Waals surface area contributed by atoms with Crippen LogP contribution >= 0.6 is 0 Å². The van der Waals surface area contributed by atoms with E-state index in [1.807, 2.05) is 12.1 Å². The zero-order valence-corrected chi connectivity index (χ0v) is 10.4. The molecule has 0 aliphatic carbocycles. The molecule has 1 unspecified atom stereocenters. The minimum atomic E-state index is -0.267. The molecule has 0 aromatic heterocycles. The van der Waals surface area contributed by atoms with Gasteiger partial charge in [0.25, 0.3) is 0 Å². The van der Waals surface area contributed by atoms with Crippen LogP contribution in [0.15, 0.2) is 24.3 Å². The molecule has 0 amide bonds. The van der Waals surface area contributed by atoms with Gasteiger partial charge in [-0.3, -0.25) is 0 Å². The fourth-order valence-corrected chi connectivity index (χ4v) is 2.18. The fraction of sp³-hybridized carbons (Fsp3) is 0.500. The molecule has 1 aromatic carbocycles. The monoisotopic (exact) mass is 234 g/mol. The van der Waals surface area contributed by atoms with Gasteiger partial charge in [0.05, 0.1) is 17.8 Å². The van der Waals surface area contributed by atoms with E-state index < -0.39 is 0 Å². The number of hydrogen-bond donors (Lipinski definition) is 0. The third kappa shape index (κ3) is 2.50. The summed E-state index contributed by atoms with van der Waals surface area (Å²) in [6, 6.07) is 7.52. The van der Waals surface area contributed by atoms with Crippen LogP contribution in [0.1, 0.15) is 42.6 Å². The van der Waals surface area contributed by atoms with E-state index in [9.17, 15) is 4.79 Å². The zero-order valence-electron chi connectivity index (χ0n) is 10.4. The maximum atomic E-state index is 11.5. The Labute approximate surface area is 102 Å². The van der Waals surface area contributed by atoms with E-state index in [0.717, 1.165) is 25.0 Å². The van der Waals surface area contributed by atoms with Crippen LogP contribution in [0.25, 0.3) is 0 Å². The topological polar surface area (TPSA) is 35.5 Å². The van der Waals surface area contributed by atoms with Crippen molar-refractivity contribution in [2.75, 3.05) is 13.2 Å². The molecule has 1 fully saturated rings. The Morgan fingerprint density at radius 2 is 2.12 bits per heavy atom. The van der Waals surface area contributed by atoms with Gasteiger partial charge in [-0.15, -0.1) is 0 Å². The van der Waals surface area contributed by atoms with Crippen molar-refractivity contribution in [3.8, 4) is 0 Å². The smallest absolute Gasteiger partial charge is 0.338 e. The first-order chi connectivity index (χ1) is 8.15. The Balaban J connectivity index is 2.15. The highest BCUT2D eigenvalue weighted by Gasteiger charge is 2.31. The van der Waals surface area contributed by atoms with E-state index in [1.54, 1.807) is 19.1 Å². The number of esters is 1. The summed E-state index contributed by atoms with van der Waals surface area (Å²) in [5.74, 6) is -0.267. The highest BCUT2D eigenvalue weighted by molar-refractivity contribution is 5.89. The highest BCUT2D eigenvalue weighted by atomic mass is 16.5. The van der Waals surface area contributed by atoms with Gasteiger partial charge in [0.2, 0.25) is 0 Å². The molecule has 1 aliphatic heterocycles. The average molecular weight is 234 g/mol. The van der Waals surface area contributed by atoms with Crippen LogP contribution < -0.4 is 0 Å². The molecule has 2 rings (SSSR count). The van der Waals surface area contributed by atoms with Crippen LogP contribution in [-0.4, -0.2) is 19.2 Å². The van der Waals surface area contributed by atoms with Crippen molar-refractivity contribution >= 4 is 5.97 Å². The summed E-state index contributed by atoms with van der Waals surface area (Å²) in [5, 5.41) is 0. The molecule has 3 heteroatoms. The van der Waals surface area contributed by atoms with Gasteiger partial charge in [-0.2, -0.15) is 0 Å². The van der Waals surface area contributed by atoms with E-state index in [0.29, 0.717) is 12.2 Å². The second-order valence-electron chi connectivity index (χ2n) is 4.48. The van der Waals surface area contributed by atoms with E-state index in [1.165, 1.54) is 0 Å². The molecule has 0 spiro atoms. The SMILES string of the molecule is CCOC(=O)c1ccc(C2(C)CCCO2)cc1. The van der Waals surface area contributed by atoms with E-state index >= 15 is 0 Å². The normalized spacial score (nSPS) is 23.6. The first-order valence-electron chi connectivity index (χ1n) is 6.07. The van der Waals surface area contributed by atoms with Crippen LogP contribution in [0.5, 0.6) is 0 Å². The highest BCUT2D eigenvalue weighted by Crippen LogP contribution is 2.35. The number of hydrogen-bond acceptors (Lipinski definition) is 3. The van der Waals surface area contributed by atoms with Crippen molar-refractivity contribution < 1.29 is 14.3 Å². The first kappa shape index (κ1) is 12.1. The van der Waals surface area contributed by atoms with Crippen LogP contribution in [0.2, 0.25) is 0 Å². The minimum Gasteiger partial charge on any atom is -0.462 e. The number of rotatable bonds is 3. The fourth-order valence-electron chi connectivity index (χ4n) is 2.18. The molecular weight excluding hydrogens is 216 g/mol. The van der Waals surface area contributed by atoms with Crippen molar-refractivity contribution in [1.29, 1.82) is 0 Å². The standard InChI is InChI=1S/C14H18O3/c1-3-16-13(15)11-5-7-12(8-6-11)14(2)9-4-10-17-14/h5-8H,3-4,9-10H2,1-2H3. The van der Waals surface area contributed by atoms with Gasteiger partial charge in [-0.25, -0.2) is 4.79 Å². The predicted octanol–water partition coefficient (Wildman–Crippen LogP) is 2.89. The van der Waals surface area contributed by atoms with Crippen molar-refractivity contribution in [3.63, 3.8) is 0 Å². The summed E-state index contributed by atoms with van der Waals surface area (Å²) in [6.45, 7) is 5.12. The summed E-state index contributed by atoms with van der Waals surface area (Å²) >= 11 is 0. The van der Waals surface area contributed by atoms with Crippen molar-refractivity contribution in [1.82, 2.24) is 0 Å². The van der Waals surface area contributed by atoms with Crippen molar-refractivity contribution in [2.24, 2.45) is 0 Å². The van der Waals surface area contributed by atoms with Gasteiger partial charge in [0.15, 0.2) is 0 Å². The van der Waals surface area contributed by atoms with E-state index in [-0.39, 0.29) is 11.6 Å². The summed E-state index contributed by atoms with van der Waals surface area (Å²) in [7, 11) is 0. The van der Waals surface area contributed by atoms with Gasteiger partial charge in [-0.1, -0.05) is 12.1 Å². The van der Waals surface area contributed by atoms with Gasteiger partial charge in [-0.05, 0) is 44.4 Å². The maximum absolute atomic E-state index is 11.5. The average Bonchev–Trinajstić information content (AvgIpc) is 2.78. The number of benzene rings is 1. The first-order valence-corrected chi connectivity index (χ1v) is 6.07. The molecule has 0 bridgehead atoms. The molecule has 1 aromatic rings. The number of ether oxygens (including phenoxy) is 2. The molecule has 3 nitrogen and oxygen atoms in total. The lowest BCUT2D eigenvalue weighted by molar-refractivity contribution is 0.0167. The molecule has 1 aliphatic rings. The van der Waals surface area contributed by atoms with Crippen molar-refractivity contribution in [3.05, 3.63) is 35.4 Å². The summed E-state index contributed by atoms with van der Waals surface area (Å²) in [6.07, 6.45) is 2.13. The molecule has 0 N–H and O–H groups in total. The Morgan fingerprint density at radius 3 is 2.65 bits per heavy atom. The molecule has 17 heavy (non-hydrogen) atoms. The van der Waals surface area contributed by atoms with E-state index in [2.05, 4.69) is 6.92 Å². The van der Waals surface area contributed by atoms with Crippen LogP contribution in [0.3, 0.4) is 0 Å². The molecule has 1 atom stereocenters. The van der Waals surface area contributed by atoms with Crippen LogP contribution in [-0.2, 0) is 15.1 Å². The van der Waals surface area contributed by atoms with Gasteiger partial charge in [0.1, 0.15) is 0 Å². The van der Waals surface area contributed by atoms with Gasteiger partial charge >= 0.3 is 5.97 Å². The maximum Gasteiger partial charge on any atom is 0.338 e. The third-order valence-electron chi connectivity index (χ3n) is 3.23. The van der Waals surface area contributed by atoms with Gasteiger partial charge < -0.3 is 9.47 Å². The Morgan fingerprint density at radius 1 is 1.41 bits per heavy atom. The lowest BCUT2D eigenvalue weighted by Gasteiger charge is -2.23. The lowest BCUT2D eigenvalue weighted by atomic mass is 9.92. The molecule has 0 saturated carbocycles.